The summed E-state index contributed by atoms with van der Waals surface area (Å²) in [6.07, 6.45) is 1.28. The number of carbonyl (C=O) groups excluding carboxylic acids is 3. The Bertz CT molecular complexity index is 1050. The average Bonchev–Trinajstić information content (AvgIpc) is 2.96. The van der Waals surface area contributed by atoms with Gasteiger partial charge in [-0.1, -0.05) is 46.3 Å². The molecule has 0 aromatic rings. The highest BCUT2D eigenvalue weighted by Crippen LogP contribution is 2.74. The molecule has 0 bridgehead atoms. The number of carbonyl (C=O) groups is 3. The summed E-state index contributed by atoms with van der Waals surface area (Å²) in [6.45, 7) is 14.4. The second kappa shape index (κ2) is 8.30. The van der Waals surface area contributed by atoms with Gasteiger partial charge in [-0.2, -0.15) is 0 Å². The van der Waals surface area contributed by atoms with Crippen molar-refractivity contribution in [1.82, 2.24) is 0 Å². The maximum Gasteiger partial charge on any atom is 0.164 e. The van der Waals surface area contributed by atoms with Crippen LogP contribution in [0.15, 0.2) is 11.6 Å². The van der Waals surface area contributed by atoms with Crippen LogP contribution in [-0.4, -0.2) is 61.2 Å². The van der Waals surface area contributed by atoms with E-state index < -0.39 is 56.8 Å². The molecule has 4 aliphatic carbocycles. The molecule has 3 fully saturated rings. The van der Waals surface area contributed by atoms with Crippen LogP contribution in [0.2, 0.25) is 0 Å². The van der Waals surface area contributed by atoms with E-state index in [-0.39, 0.29) is 49.1 Å². The van der Waals surface area contributed by atoms with Gasteiger partial charge in [0.05, 0.1) is 11.7 Å². The molecule has 37 heavy (non-hydrogen) atoms. The average molecular weight is 519 g/mol. The van der Waals surface area contributed by atoms with Crippen LogP contribution in [0.3, 0.4) is 0 Å². The van der Waals surface area contributed by atoms with E-state index in [2.05, 4.69) is 13.0 Å². The minimum atomic E-state index is -1.87. The molecule has 0 aliphatic heterocycles. The first-order chi connectivity index (χ1) is 16.7. The Morgan fingerprint density at radius 2 is 1.62 bits per heavy atom. The summed E-state index contributed by atoms with van der Waals surface area (Å²) in [5, 5.41) is 43.9. The fourth-order valence-corrected chi connectivity index (χ4v) is 9.20. The van der Waals surface area contributed by atoms with Gasteiger partial charge in [0.25, 0.3) is 0 Å². The van der Waals surface area contributed by atoms with Crippen molar-refractivity contribution in [2.24, 2.45) is 39.4 Å². The van der Waals surface area contributed by atoms with Crippen LogP contribution in [0.5, 0.6) is 0 Å². The molecule has 0 aromatic carbocycles. The van der Waals surface area contributed by atoms with Gasteiger partial charge in [-0.05, 0) is 62.7 Å². The van der Waals surface area contributed by atoms with Gasteiger partial charge >= 0.3 is 0 Å². The van der Waals surface area contributed by atoms with E-state index in [1.807, 2.05) is 27.7 Å². The molecule has 0 aromatic heterocycles. The van der Waals surface area contributed by atoms with Crippen molar-refractivity contribution in [2.75, 3.05) is 0 Å². The Morgan fingerprint density at radius 1 is 1.03 bits per heavy atom. The van der Waals surface area contributed by atoms with Gasteiger partial charge in [-0.15, -0.1) is 0 Å². The highest BCUT2D eigenvalue weighted by atomic mass is 16.3. The molecule has 0 radical (unpaired) electrons. The van der Waals surface area contributed by atoms with Crippen LogP contribution in [0.4, 0.5) is 0 Å². The van der Waals surface area contributed by atoms with Gasteiger partial charge in [0.15, 0.2) is 11.6 Å². The molecule has 7 heteroatoms. The Morgan fingerprint density at radius 3 is 2.19 bits per heavy atom. The van der Waals surface area contributed by atoms with Crippen molar-refractivity contribution in [3.05, 3.63) is 11.6 Å². The fraction of sp³-hybridized carbons (Fsp3) is 0.833. The van der Waals surface area contributed by atoms with E-state index in [0.29, 0.717) is 12.8 Å². The van der Waals surface area contributed by atoms with Crippen molar-refractivity contribution in [1.29, 1.82) is 0 Å². The van der Waals surface area contributed by atoms with Crippen molar-refractivity contribution < 1.29 is 34.8 Å². The molecule has 0 spiro atoms. The van der Waals surface area contributed by atoms with E-state index in [1.54, 1.807) is 13.8 Å². The molecule has 0 amide bonds. The number of hydrogen-bond donors (Lipinski definition) is 4. The first kappa shape index (κ1) is 28.6. The molecular weight excluding hydrogens is 472 g/mol. The first-order valence-electron chi connectivity index (χ1n) is 13.8. The van der Waals surface area contributed by atoms with Crippen LogP contribution in [0, 0.1) is 39.4 Å². The SMILES string of the molecule is CC(C)(O)CCC(=O)[C@](C)(O)C1[C@H](O)C[C@@]2(C)[C@@H]3CC=C4[C@@H](CC(=O)[C@H](O)C4(C)C)[C@]3(C)C(=O)C[C@]12C. The zero-order valence-corrected chi connectivity index (χ0v) is 23.7. The summed E-state index contributed by atoms with van der Waals surface area (Å²) in [4.78, 5) is 40.4. The summed E-state index contributed by atoms with van der Waals surface area (Å²) in [5.74, 6) is -2.05. The molecular formula is C30H46O7. The van der Waals surface area contributed by atoms with Crippen molar-refractivity contribution in [2.45, 2.75) is 117 Å². The Kier molecular flexibility index (Phi) is 6.41. The van der Waals surface area contributed by atoms with E-state index >= 15 is 0 Å². The predicted molar refractivity (Wildman–Crippen MR) is 138 cm³/mol. The number of hydrogen-bond acceptors (Lipinski definition) is 7. The lowest BCUT2D eigenvalue weighted by Gasteiger charge is -2.64. The van der Waals surface area contributed by atoms with Crippen LogP contribution in [0.1, 0.15) is 93.9 Å². The van der Waals surface area contributed by atoms with Gasteiger partial charge in [-0.3, -0.25) is 14.4 Å². The molecule has 7 nitrogen and oxygen atoms in total. The molecule has 0 heterocycles. The van der Waals surface area contributed by atoms with Crippen LogP contribution in [0.25, 0.3) is 0 Å². The number of aliphatic hydroxyl groups is 4. The number of allylic oxidation sites excluding steroid dienone is 1. The molecule has 1 unspecified atom stereocenters. The topological polar surface area (TPSA) is 132 Å². The van der Waals surface area contributed by atoms with E-state index in [4.69, 9.17) is 0 Å². The third kappa shape index (κ3) is 3.78. The Hall–Kier alpha value is -1.41. The van der Waals surface area contributed by atoms with Gasteiger partial charge in [0.2, 0.25) is 0 Å². The zero-order valence-electron chi connectivity index (χ0n) is 23.7. The fourth-order valence-electron chi connectivity index (χ4n) is 9.20. The summed E-state index contributed by atoms with van der Waals surface area (Å²) in [7, 11) is 0. The van der Waals surface area contributed by atoms with Gasteiger partial charge < -0.3 is 20.4 Å². The maximum absolute atomic E-state index is 14.2. The number of Topliss-reactive ketones (excluding diaryl/α,β-unsaturated/α-hetero) is 3. The second-order valence-electron chi connectivity index (χ2n) is 14.6. The van der Waals surface area contributed by atoms with E-state index in [1.165, 1.54) is 6.92 Å². The van der Waals surface area contributed by atoms with Crippen LogP contribution >= 0.6 is 0 Å². The third-order valence-electron chi connectivity index (χ3n) is 11.6. The Labute approximate surface area is 220 Å². The maximum atomic E-state index is 14.2. The molecule has 208 valence electrons. The number of aliphatic hydroxyl groups excluding tert-OH is 2. The van der Waals surface area contributed by atoms with Crippen LogP contribution in [-0.2, 0) is 14.4 Å². The lowest BCUT2D eigenvalue weighted by Crippen LogP contribution is -2.65. The quantitative estimate of drug-likeness (QED) is 0.411. The van der Waals surface area contributed by atoms with E-state index in [9.17, 15) is 34.8 Å². The highest BCUT2D eigenvalue weighted by Gasteiger charge is 2.74. The van der Waals surface area contributed by atoms with Gasteiger partial charge in [-0.25, -0.2) is 0 Å². The standard InChI is InChI=1S/C30H46O7/c1-25(2,36)12-11-21(33)30(8,37)23-19(32)14-27(5)20-10-9-16-17(13-18(31)24(35)26(16,3)4)29(20,7)22(34)15-28(23,27)6/h9,17,19-20,23-24,32,35-37H,10-15H2,1-8H3/t17-,19-,20+,23?,24+,27+,28-,29+,30+/m1/s1. The largest absolute Gasteiger partial charge is 0.393 e. The molecule has 0 saturated heterocycles. The minimum Gasteiger partial charge on any atom is -0.393 e. The van der Waals surface area contributed by atoms with Crippen molar-refractivity contribution >= 4 is 17.3 Å². The summed E-state index contributed by atoms with van der Waals surface area (Å²) in [5.41, 5.74) is -5.00. The van der Waals surface area contributed by atoms with Crippen LogP contribution < -0.4 is 0 Å². The normalized spacial score (nSPS) is 44.9. The lowest BCUT2D eigenvalue weighted by molar-refractivity contribution is -0.184. The minimum absolute atomic E-state index is 0.00750. The first-order valence-corrected chi connectivity index (χ1v) is 13.8. The molecule has 4 N–H and O–H groups in total. The second-order valence-corrected chi connectivity index (χ2v) is 14.6. The van der Waals surface area contributed by atoms with Crippen molar-refractivity contribution in [3.63, 3.8) is 0 Å². The lowest BCUT2D eigenvalue weighted by atomic mass is 9.38. The molecule has 4 aliphatic rings. The summed E-state index contributed by atoms with van der Waals surface area (Å²) < 4.78 is 0. The van der Waals surface area contributed by atoms with Crippen molar-refractivity contribution in [3.8, 4) is 0 Å². The highest BCUT2D eigenvalue weighted by molar-refractivity contribution is 5.93. The number of ketones is 3. The van der Waals surface area contributed by atoms with E-state index in [0.717, 1.165) is 5.57 Å². The molecule has 9 atom stereocenters. The molecule has 4 rings (SSSR count). The predicted octanol–water partition coefficient (Wildman–Crippen LogP) is 3.15. The number of fused-ring (bicyclic) bond motifs is 5. The van der Waals surface area contributed by atoms with Gasteiger partial charge in [0.1, 0.15) is 17.5 Å². The summed E-state index contributed by atoms with van der Waals surface area (Å²) >= 11 is 0. The van der Waals surface area contributed by atoms with Gasteiger partial charge in [0, 0.05) is 36.0 Å². The monoisotopic (exact) mass is 518 g/mol. The number of rotatable bonds is 5. The summed E-state index contributed by atoms with van der Waals surface area (Å²) in [6, 6.07) is 0. The Balaban J connectivity index is 1.77. The third-order valence-corrected chi connectivity index (χ3v) is 11.6. The molecule has 3 saturated carbocycles. The zero-order chi connectivity index (χ0) is 28.1. The smallest absolute Gasteiger partial charge is 0.164 e.